The van der Waals surface area contributed by atoms with Gasteiger partial charge in [-0.15, -0.1) is 0 Å². The van der Waals surface area contributed by atoms with Gasteiger partial charge >= 0.3 is 11.9 Å². The number of nitriles is 1. The van der Waals surface area contributed by atoms with E-state index in [1.165, 1.54) is 24.3 Å². The summed E-state index contributed by atoms with van der Waals surface area (Å²) in [6.07, 6.45) is 46.7. The molecular weight excluding hydrogens is 625 g/mol. The molecule has 0 amide bonds. The van der Waals surface area contributed by atoms with Crippen molar-refractivity contribution >= 4 is 23.5 Å². The molecule has 5 nitrogen and oxygen atoms in total. The zero-order valence-corrected chi connectivity index (χ0v) is 28.7. The van der Waals surface area contributed by atoms with Crippen molar-refractivity contribution in [3.05, 3.63) is 166 Å². The number of rotatable bonds is 2. The summed E-state index contributed by atoms with van der Waals surface area (Å²) in [6.45, 7) is 4.23. The number of methoxy groups -OCH3 is 1. The minimum atomic E-state index is -0.834. The van der Waals surface area contributed by atoms with E-state index in [1.807, 2.05) is 60.8 Å². The van der Waals surface area contributed by atoms with Gasteiger partial charge in [0.25, 0.3) is 0 Å². The number of carboxylic acids is 1. The lowest BCUT2D eigenvalue weighted by Crippen LogP contribution is -2.00. The van der Waals surface area contributed by atoms with Gasteiger partial charge in [0.2, 0.25) is 0 Å². The number of hydrogen-bond donors (Lipinski definition) is 1. The zero-order chi connectivity index (χ0) is 35.4. The lowest BCUT2D eigenvalue weighted by molar-refractivity contribution is -0.135. The first-order valence-corrected chi connectivity index (χ1v) is 16.1. The monoisotopic (exact) mass is 669 g/mol. The third-order valence-electron chi connectivity index (χ3n) is 6.48. The summed E-state index contributed by atoms with van der Waals surface area (Å²) in [6, 6.07) is 2.04. The van der Waals surface area contributed by atoms with E-state index in [1.54, 1.807) is 30.4 Å². The Kier molecular flexibility index (Phi) is 22.3. The van der Waals surface area contributed by atoms with Gasteiger partial charge in [-0.05, 0) is 83.1 Å². The number of carbonyl (C=O) groups is 2. The van der Waals surface area contributed by atoms with Gasteiger partial charge in [-0.25, -0.2) is 14.0 Å². The van der Waals surface area contributed by atoms with Crippen molar-refractivity contribution < 1.29 is 23.8 Å². The molecule has 0 aromatic rings. The van der Waals surface area contributed by atoms with Crippen molar-refractivity contribution in [3.63, 3.8) is 0 Å². The SMILES string of the molecule is CC1=CCC=C1.CC1=CCC=C1.COC(=O)C1=CCC=C1.ClC1=CCC=C1.FC1=CCC=C1.N#CC1=CCC=C1.O=C(O)C1=CCC=C1. The minimum Gasteiger partial charge on any atom is -0.478 e. The van der Waals surface area contributed by atoms with E-state index in [-0.39, 0.29) is 11.8 Å². The second kappa shape index (κ2) is 26.1. The van der Waals surface area contributed by atoms with Crippen molar-refractivity contribution in [2.24, 2.45) is 0 Å². The van der Waals surface area contributed by atoms with Gasteiger partial charge in [-0.3, -0.25) is 0 Å². The summed E-state index contributed by atoms with van der Waals surface area (Å²) < 4.78 is 16.2. The van der Waals surface area contributed by atoms with Gasteiger partial charge in [0.15, 0.2) is 0 Å². The molecule has 7 aliphatic carbocycles. The van der Waals surface area contributed by atoms with E-state index in [0.29, 0.717) is 11.1 Å². The van der Waals surface area contributed by atoms with E-state index in [4.69, 9.17) is 22.0 Å². The number of carbonyl (C=O) groups excluding carboxylic acids is 1. The lowest BCUT2D eigenvalue weighted by Gasteiger charge is -1.93. The summed E-state index contributed by atoms with van der Waals surface area (Å²) in [7, 11) is 1.38. The van der Waals surface area contributed by atoms with Crippen LogP contribution in [0.5, 0.6) is 0 Å². The lowest BCUT2D eigenvalue weighted by atomic mass is 10.3. The number of hydrogen-bond acceptors (Lipinski definition) is 4. The van der Waals surface area contributed by atoms with Crippen molar-refractivity contribution in [1.29, 1.82) is 5.26 Å². The molecule has 0 saturated carbocycles. The van der Waals surface area contributed by atoms with E-state index < -0.39 is 5.97 Å². The predicted molar refractivity (Wildman–Crippen MR) is 196 cm³/mol. The number of allylic oxidation sites excluding steroid dienone is 24. The van der Waals surface area contributed by atoms with Crippen LogP contribution in [-0.2, 0) is 14.3 Å². The van der Waals surface area contributed by atoms with Gasteiger partial charge < -0.3 is 9.84 Å². The molecule has 1 N–H and O–H groups in total. The molecule has 7 aliphatic rings. The summed E-state index contributed by atoms with van der Waals surface area (Å²) in [5.74, 6) is -1.18. The fraction of sp³-hybridized carbons (Fsp3) is 0.244. The summed E-state index contributed by atoms with van der Waals surface area (Å²) >= 11 is 5.49. The third-order valence-corrected chi connectivity index (χ3v) is 6.76. The average molecular weight is 670 g/mol. The van der Waals surface area contributed by atoms with Crippen LogP contribution in [0.3, 0.4) is 0 Å². The number of nitrogens with zero attached hydrogens (tertiary/aromatic N) is 1. The number of halogens is 2. The molecule has 0 aromatic heterocycles. The van der Waals surface area contributed by atoms with Crippen LogP contribution in [0.4, 0.5) is 4.39 Å². The average Bonchev–Trinajstić information content (AvgIpc) is 3.93. The van der Waals surface area contributed by atoms with Crippen LogP contribution in [0.15, 0.2) is 166 Å². The van der Waals surface area contributed by atoms with E-state index in [0.717, 1.165) is 55.6 Å². The highest BCUT2D eigenvalue weighted by Gasteiger charge is 2.07. The van der Waals surface area contributed by atoms with E-state index in [2.05, 4.69) is 55.0 Å². The van der Waals surface area contributed by atoms with Crippen LogP contribution in [-0.4, -0.2) is 24.2 Å². The molecular formula is C41H45ClFNO4. The second-order valence-electron chi connectivity index (χ2n) is 10.4. The van der Waals surface area contributed by atoms with Crippen LogP contribution in [0.2, 0.25) is 0 Å². The van der Waals surface area contributed by atoms with Gasteiger partial charge in [-0.1, -0.05) is 126 Å². The predicted octanol–water partition coefficient (Wildman–Crippen LogP) is 11.1. The highest BCUT2D eigenvalue weighted by molar-refractivity contribution is 6.31. The molecule has 0 saturated heterocycles. The van der Waals surface area contributed by atoms with Crippen molar-refractivity contribution in [1.82, 2.24) is 0 Å². The Morgan fingerprint density at radius 2 is 1.12 bits per heavy atom. The summed E-state index contributed by atoms with van der Waals surface area (Å²) in [4.78, 5) is 20.8. The number of ether oxygens (including phenoxy) is 1. The number of carboxylic acid groups (broad SMARTS) is 1. The van der Waals surface area contributed by atoms with Gasteiger partial charge in [0.05, 0.1) is 24.3 Å². The smallest absolute Gasteiger partial charge is 0.337 e. The molecule has 7 rings (SSSR count). The fourth-order valence-electron chi connectivity index (χ4n) is 3.90. The first-order valence-electron chi connectivity index (χ1n) is 15.7. The molecule has 0 aromatic carbocycles. The number of esters is 1. The summed E-state index contributed by atoms with van der Waals surface area (Å²) in [5.41, 5.74) is 4.66. The quantitative estimate of drug-likeness (QED) is 0.296. The first kappa shape index (κ1) is 41.0. The van der Waals surface area contributed by atoms with Crippen LogP contribution in [0, 0.1) is 11.3 Å². The topological polar surface area (TPSA) is 87.4 Å². The van der Waals surface area contributed by atoms with Crippen molar-refractivity contribution in [3.8, 4) is 6.07 Å². The standard InChI is InChI=1S/C7H8O2.C6H5N.C6H6O2.2C6H8.C5H5Cl.C5H5F/c1-9-7(8)6-4-2-3-5-6;7-5-6-3-1-2-4-6;7-6(8)5-3-1-2-4-5;2*1-6-4-2-3-5-6;2*6-5-3-1-2-4-5/h2,4-5H,3H2,1H3;1,3-4H,2H2;1,3-4H,2H2,(H,7,8);2*2,4-5H,3H2,1H3;2*1,3-4H,2H2. The normalized spacial score (nSPS) is 17.2. The summed E-state index contributed by atoms with van der Waals surface area (Å²) in [5, 5.41) is 17.4. The molecule has 252 valence electrons. The molecule has 0 aliphatic heterocycles. The molecule has 7 heteroatoms. The third kappa shape index (κ3) is 20.9. The van der Waals surface area contributed by atoms with E-state index >= 15 is 0 Å². The molecule has 0 spiro atoms. The van der Waals surface area contributed by atoms with Gasteiger partial charge in [0, 0.05) is 10.6 Å². The Hall–Kier alpha value is -4.99. The Bertz CT molecular complexity index is 1440. The molecule has 0 unspecified atom stereocenters. The molecule has 0 heterocycles. The Morgan fingerprint density at radius 3 is 1.33 bits per heavy atom. The Morgan fingerprint density at radius 1 is 0.667 bits per heavy atom. The first-order chi connectivity index (χ1) is 23.2. The Balaban J connectivity index is 0.000000282. The second-order valence-corrected chi connectivity index (χ2v) is 10.9. The van der Waals surface area contributed by atoms with Crippen molar-refractivity contribution in [2.45, 2.75) is 58.8 Å². The molecule has 0 bridgehead atoms. The maximum absolute atomic E-state index is 11.7. The van der Waals surface area contributed by atoms with Crippen LogP contribution in [0.25, 0.3) is 0 Å². The molecule has 0 radical (unpaired) electrons. The maximum atomic E-state index is 11.7. The largest absolute Gasteiger partial charge is 0.478 e. The van der Waals surface area contributed by atoms with Crippen LogP contribution in [0.1, 0.15) is 58.8 Å². The molecule has 0 atom stereocenters. The zero-order valence-electron chi connectivity index (χ0n) is 27.9. The highest BCUT2D eigenvalue weighted by atomic mass is 35.5. The maximum Gasteiger partial charge on any atom is 0.337 e. The number of aliphatic carboxylic acids is 1. The van der Waals surface area contributed by atoms with E-state index in [9.17, 15) is 14.0 Å². The Labute approximate surface area is 290 Å². The molecule has 48 heavy (non-hydrogen) atoms. The van der Waals surface area contributed by atoms with Gasteiger partial charge in [0.1, 0.15) is 5.83 Å². The minimum absolute atomic E-state index is 0.102. The van der Waals surface area contributed by atoms with Gasteiger partial charge in [-0.2, -0.15) is 5.26 Å². The fourth-order valence-corrected chi connectivity index (χ4v) is 4.07. The van der Waals surface area contributed by atoms with Crippen LogP contribution >= 0.6 is 11.6 Å². The van der Waals surface area contributed by atoms with Crippen LogP contribution < -0.4 is 0 Å². The highest BCUT2D eigenvalue weighted by Crippen LogP contribution is 2.12. The van der Waals surface area contributed by atoms with Crippen molar-refractivity contribution in [2.75, 3.05) is 7.11 Å². The molecule has 0 fully saturated rings.